The predicted molar refractivity (Wildman–Crippen MR) is 106 cm³/mol. The highest BCUT2D eigenvalue weighted by Crippen LogP contribution is 2.45. The molecule has 0 amide bonds. The SMILES string of the molecule is COC(=O)c1ccc(C2c3c(n[nH]c3-c3ccc(C)cc3)OC(=N)C2C#N)cc1. The number of aromatic nitrogens is 2. The van der Waals surface area contributed by atoms with Crippen LogP contribution in [0.4, 0.5) is 0 Å². The van der Waals surface area contributed by atoms with E-state index in [4.69, 9.17) is 14.9 Å². The summed E-state index contributed by atoms with van der Waals surface area (Å²) in [7, 11) is 1.33. The van der Waals surface area contributed by atoms with E-state index in [-0.39, 0.29) is 5.90 Å². The molecule has 4 rings (SSSR count). The van der Waals surface area contributed by atoms with Crippen molar-refractivity contribution in [3.63, 3.8) is 0 Å². The lowest BCUT2D eigenvalue weighted by Crippen LogP contribution is -2.30. The number of carbonyl (C=O) groups is 1. The Morgan fingerprint density at radius 3 is 2.52 bits per heavy atom. The lowest BCUT2D eigenvalue weighted by molar-refractivity contribution is 0.0600. The standard InChI is InChI=1S/C22H18N4O3/c1-12-3-5-14(6-4-12)19-18-17(13-7-9-15(10-8-13)22(27)28-2)16(11-23)20(24)29-21(18)26-25-19/h3-10,16-17,24H,1-2H3,(H,25,26). The van der Waals surface area contributed by atoms with Gasteiger partial charge in [0.15, 0.2) is 0 Å². The van der Waals surface area contributed by atoms with E-state index in [2.05, 4.69) is 16.3 Å². The minimum Gasteiger partial charge on any atom is -0.465 e. The highest BCUT2D eigenvalue weighted by Gasteiger charge is 2.40. The van der Waals surface area contributed by atoms with Gasteiger partial charge in [-0.15, -0.1) is 5.10 Å². The monoisotopic (exact) mass is 386 g/mol. The van der Waals surface area contributed by atoms with Crippen LogP contribution in [0.1, 0.15) is 33.0 Å². The Balaban J connectivity index is 1.86. The number of benzene rings is 2. The molecule has 0 saturated carbocycles. The molecule has 2 aromatic carbocycles. The van der Waals surface area contributed by atoms with E-state index in [1.54, 1.807) is 24.3 Å². The first-order chi connectivity index (χ1) is 14.0. The number of nitrogens with one attached hydrogen (secondary N) is 2. The first-order valence-electron chi connectivity index (χ1n) is 9.03. The fourth-order valence-corrected chi connectivity index (χ4v) is 3.56. The van der Waals surface area contributed by atoms with Crippen molar-refractivity contribution in [2.45, 2.75) is 12.8 Å². The molecule has 144 valence electrons. The van der Waals surface area contributed by atoms with Crippen LogP contribution >= 0.6 is 0 Å². The molecule has 0 fully saturated rings. The van der Waals surface area contributed by atoms with Gasteiger partial charge in [0, 0.05) is 5.92 Å². The molecule has 1 aromatic heterocycles. The fourth-order valence-electron chi connectivity index (χ4n) is 3.56. The zero-order chi connectivity index (χ0) is 20.5. The normalized spacial score (nSPS) is 17.8. The van der Waals surface area contributed by atoms with Crippen LogP contribution in [0.5, 0.6) is 5.88 Å². The number of rotatable bonds is 3. The van der Waals surface area contributed by atoms with Crippen LogP contribution < -0.4 is 4.74 Å². The van der Waals surface area contributed by atoms with Gasteiger partial charge < -0.3 is 9.47 Å². The van der Waals surface area contributed by atoms with Crippen LogP contribution in [0.3, 0.4) is 0 Å². The average molecular weight is 386 g/mol. The molecule has 0 saturated heterocycles. The average Bonchev–Trinajstić information content (AvgIpc) is 3.16. The van der Waals surface area contributed by atoms with Gasteiger partial charge in [-0.1, -0.05) is 42.0 Å². The molecule has 7 nitrogen and oxygen atoms in total. The number of hydrogen-bond acceptors (Lipinski definition) is 6. The number of aromatic amines is 1. The first-order valence-corrected chi connectivity index (χ1v) is 9.03. The Labute approximate surface area is 167 Å². The third kappa shape index (κ3) is 3.15. The van der Waals surface area contributed by atoms with E-state index in [0.717, 1.165) is 27.9 Å². The minimum atomic E-state index is -0.812. The van der Waals surface area contributed by atoms with Crippen molar-refractivity contribution in [3.05, 3.63) is 70.8 Å². The molecule has 3 aromatic rings. The van der Waals surface area contributed by atoms with Crippen molar-refractivity contribution in [1.29, 1.82) is 10.7 Å². The topological polar surface area (TPSA) is 112 Å². The molecule has 7 heteroatoms. The van der Waals surface area contributed by atoms with Gasteiger partial charge in [0.05, 0.1) is 30.0 Å². The molecule has 0 bridgehead atoms. The van der Waals surface area contributed by atoms with E-state index in [1.807, 2.05) is 31.2 Å². The minimum absolute atomic E-state index is 0.149. The summed E-state index contributed by atoms with van der Waals surface area (Å²) in [5, 5.41) is 25.2. The third-order valence-corrected chi connectivity index (χ3v) is 5.07. The van der Waals surface area contributed by atoms with Gasteiger partial charge in [-0.25, -0.2) is 4.79 Å². The highest BCUT2D eigenvalue weighted by atomic mass is 16.5. The molecule has 2 atom stereocenters. The molecular weight excluding hydrogens is 368 g/mol. The van der Waals surface area contributed by atoms with Gasteiger partial charge in [0.2, 0.25) is 11.8 Å². The summed E-state index contributed by atoms with van der Waals surface area (Å²) in [6.45, 7) is 2.01. The maximum absolute atomic E-state index is 11.8. The predicted octanol–water partition coefficient (Wildman–Crippen LogP) is 3.81. The number of H-pyrrole nitrogens is 1. The van der Waals surface area contributed by atoms with E-state index in [9.17, 15) is 10.1 Å². The zero-order valence-corrected chi connectivity index (χ0v) is 15.9. The first kappa shape index (κ1) is 18.4. The molecule has 0 spiro atoms. The molecule has 1 aliphatic rings. The van der Waals surface area contributed by atoms with Gasteiger partial charge in [-0.3, -0.25) is 10.5 Å². The van der Waals surface area contributed by atoms with Crippen LogP contribution in [-0.2, 0) is 4.74 Å². The van der Waals surface area contributed by atoms with Gasteiger partial charge in [0.1, 0.15) is 5.92 Å². The van der Waals surface area contributed by atoms with Crippen LogP contribution in [0.25, 0.3) is 11.3 Å². The number of hydrogen-bond donors (Lipinski definition) is 2. The zero-order valence-electron chi connectivity index (χ0n) is 15.9. The van der Waals surface area contributed by atoms with Gasteiger partial charge >= 0.3 is 5.97 Å². The molecule has 0 radical (unpaired) electrons. The smallest absolute Gasteiger partial charge is 0.337 e. The summed E-state index contributed by atoms with van der Waals surface area (Å²) in [4.78, 5) is 11.8. The lowest BCUT2D eigenvalue weighted by atomic mass is 9.78. The number of methoxy groups -OCH3 is 1. The Kier molecular flexibility index (Phi) is 4.61. The maximum atomic E-state index is 11.8. The molecule has 2 N–H and O–H groups in total. The van der Waals surface area contributed by atoms with E-state index in [1.165, 1.54) is 7.11 Å². The van der Waals surface area contributed by atoms with Gasteiger partial charge in [0.25, 0.3) is 0 Å². The highest BCUT2D eigenvalue weighted by molar-refractivity contribution is 5.90. The number of fused-ring (bicyclic) bond motifs is 1. The van der Waals surface area contributed by atoms with E-state index >= 15 is 0 Å². The second kappa shape index (κ2) is 7.24. The molecule has 1 aliphatic heterocycles. The van der Waals surface area contributed by atoms with E-state index in [0.29, 0.717) is 11.4 Å². The lowest BCUT2D eigenvalue weighted by Gasteiger charge is -2.28. The molecule has 0 aliphatic carbocycles. The Bertz CT molecular complexity index is 1120. The van der Waals surface area contributed by atoms with Gasteiger partial charge in [-0.2, -0.15) is 5.26 Å². The van der Waals surface area contributed by atoms with Crippen molar-refractivity contribution in [2.75, 3.05) is 7.11 Å². The molecule has 2 heterocycles. The number of nitrogens with zero attached hydrogens (tertiary/aromatic N) is 2. The Morgan fingerprint density at radius 1 is 1.21 bits per heavy atom. The summed E-state index contributed by atoms with van der Waals surface area (Å²) in [6.07, 6.45) is 0. The second-order valence-electron chi connectivity index (χ2n) is 6.85. The Hall–Kier alpha value is -3.92. The van der Waals surface area contributed by atoms with E-state index < -0.39 is 17.8 Å². The van der Waals surface area contributed by atoms with Crippen molar-refractivity contribution in [1.82, 2.24) is 10.2 Å². The summed E-state index contributed by atoms with van der Waals surface area (Å²) in [5.41, 5.74) is 4.71. The maximum Gasteiger partial charge on any atom is 0.337 e. The van der Waals surface area contributed by atoms with Crippen molar-refractivity contribution in [3.8, 4) is 23.2 Å². The summed E-state index contributed by atoms with van der Waals surface area (Å²) < 4.78 is 10.3. The summed E-state index contributed by atoms with van der Waals surface area (Å²) in [6, 6.07) is 17.0. The largest absolute Gasteiger partial charge is 0.465 e. The number of nitriles is 1. The number of esters is 1. The Morgan fingerprint density at radius 2 is 1.90 bits per heavy atom. The summed E-state index contributed by atoms with van der Waals surface area (Å²) >= 11 is 0. The quantitative estimate of drug-likeness (QED) is 0.665. The molecule has 2 unspecified atom stereocenters. The number of carbonyl (C=O) groups excluding carboxylic acids is 1. The van der Waals surface area contributed by atoms with Crippen LogP contribution in [0, 0.1) is 29.6 Å². The second-order valence-corrected chi connectivity index (χ2v) is 6.85. The molecule has 29 heavy (non-hydrogen) atoms. The van der Waals surface area contributed by atoms with Gasteiger partial charge in [-0.05, 0) is 30.2 Å². The molecular formula is C22H18N4O3. The van der Waals surface area contributed by atoms with Crippen LogP contribution in [-0.4, -0.2) is 29.2 Å². The van der Waals surface area contributed by atoms with Crippen molar-refractivity contribution in [2.24, 2.45) is 5.92 Å². The van der Waals surface area contributed by atoms with Crippen molar-refractivity contribution >= 4 is 11.9 Å². The van der Waals surface area contributed by atoms with Crippen LogP contribution in [0.2, 0.25) is 0 Å². The fraction of sp³-hybridized carbons (Fsp3) is 0.182. The number of aryl methyl sites for hydroxylation is 1. The third-order valence-electron chi connectivity index (χ3n) is 5.07. The van der Waals surface area contributed by atoms with Crippen LogP contribution in [0.15, 0.2) is 48.5 Å². The van der Waals surface area contributed by atoms with Crippen molar-refractivity contribution < 1.29 is 14.3 Å². The summed E-state index contributed by atoms with van der Waals surface area (Å²) in [5.74, 6) is -1.56. The number of ether oxygens (including phenoxy) is 2.